The molecule has 2 aromatic rings. The van der Waals surface area contributed by atoms with Gasteiger partial charge in [0.2, 0.25) is 0 Å². The van der Waals surface area contributed by atoms with Crippen LogP contribution in [0, 0.1) is 0 Å². The Labute approximate surface area is 113 Å². The highest BCUT2D eigenvalue weighted by Gasteiger charge is 2.13. The third-order valence-corrected chi connectivity index (χ3v) is 2.81. The van der Waals surface area contributed by atoms with Crippen molar-refractivity contribution in [1.29, 1.82) is 0 Å². The molecule has 0 saturated carbocycles. The van der Waals surface area contributed by atoms with Crippen molar-refractivity contribution >= 4 is 21.9 Å². The van der Waals surface area contributed by atoms with E-state index < -0.39 is 5.97 Å². The van der Waals surface area contributed by atoms with E-state index in [4.69, 9.17) is 9.47 Å². The van der Waals surface area contributed by atoms with Crippen molar-refractivity contribution in [2.45, 2.75) is 0 Å². The lowest BCUT2D eigenvalue weighted by molar-refractivity contribution is 0.0598. The van der Waals surface area contributed by atoms with E-state index >= 15 is 0 Å². The first kappa shape index (κ1) is 12.6. The van der Waals surface area contributed by atoms with Gasteiger partial charge in [0.05, 0.1) is 7.11 Å². The smallest absolute Gasteiger partial charge is 0.341 e. The Kier molecular flexibility index (Phi) is 3.99. The molecule has 4 heteroatoms. The zero-order chi connectivity index (χ0) is 13.0. The summed E-state index contributed by atoms with van der Waals surface area (Å²) in [5, 5.41) is 0. The molecular formula is C14H11BrO3. The lowest BCUT2D eigenvalue weighted by Crippen LogP contribution is -2.03. The van der Waals surface area contributed by atoms with Crippen molar-refractivity contribution < 1.29 is 14.3 Å². The molecule has 18 heavy (non-hydrogen) atoms. The molecule has 0 bridgehead atoms. The summed E-state index contributed by atoms with van der Waals surface area (Å²) >= 11 is 3.35. The molecular weight excluding hydrogens is 296 g/mol. The molecule has 0 N–H and O–H groups in total. The number of halogens is 1. The van der Waals surface area contributed by atoms with Crippen LogP contribution in [0.5, 0.6) is 11.5 Å². The largest absolute Gasteiger partial charge is 0.465 e. The fourth-order valence-corrected chi connectivity index (χ4v) is 1.81. The van der Waals surface area contributed by atoms with E-state index in [1.807, 2.05) is 30.3 Å². The Hall–Kier alpha value is -1.81. The second-order valence-corrected chi connectivity index (χ2v) is 4.46. The lowest BCUT2D eigenvalue weighted by Gasteiger charge is -2.10. The maximum atomic E-state index is 11.6. The highest BCUT2D eigenvalue weighted by molar-refractivity contribution is 9.10. The number of carbonyl (C=O) groups is 1. The Balaban J connectivity index is 2.36. The van der Waals surface area contributed by atoms with Crippen LogP contribution in [0.4, 0.5) is 0 Å². The maximum Gasteiger partial charge on any atom is 0.341 e. The van der Waals surface area contributed by atoms with Gasteiger partial charge in [-0.3, -0.25) is 0 Å². The lowest BCUT2D eigenvalue weighted by atomic mass is 10.2. The van der Waals surface area contributed by atoms with E-state index in [9.17, 15) is 4.79 Å². The summed E-state index contributed by atoms with van der Waals surface area (Å²) in [5.41, 5.74) is 0.393. The number of rotatable bonds is 3. The van der Waals surface area contributed by atoms with E-state index in [0.717, 1.165) is 4.47 Å². The average molecular weight is 307 g/mol. The molecule has 0 aliphatic carbocycles. The highest BCUT2D eigenvalue weighted by atomic mass is 79.9. The van der Waals surface area contributed by atoms with Gasteiger partial charge in [0.15, 0.2) is 0 Å². The Bertz CT molecular complexity index is 552. The predicted octanol–water partition coefficient (Wildman–Crippen LogP) is 4.03. The minimum atomic E-state index is -0.423. The summed E-state index contributed by atoms with van der Waals surface area (Å²) in [6.45, 7) is 0. The van der Waals surface area contributed by atoms with Crippen LogP contribution in [0.2, 0.25) is 0 Å². The van der Waals surface area contributed by atoms with Gasteiger partial charge < -0.3 is 9.47 Å². The molecule has 0 atom stereocenters. The molecule has 92 valence electrons. The third-order valence-electron chi connectivity index (χ3n) is 2.32. The average Bonchev–Trinajstić information content (AvgIpc) is 2.39. The number of ether oxygens (including phenoxy) is 2. The zero-order valence-electron chi connectivity index (χ0n) is 9.72. The van der Waals surface area contributed by atoms with Crippen molar-refractivity contribution in [3.8, 4) is 11.5 Å². The molecule has 0 radical (unpaired) electrons. The molecule has 0 aromatic heterocycles. The predicted molar refractivity (Wildman–Crippen MR) is 72.0 cm³/mol. The second-order valence-electron chi connectivity index (χ2n) is 3.55. The summed E-state index contributed by atoms with van der Waals surface area (Å²) in [7, 11) is 1.34. The van der Waals surface area contributed by atoms with Crippen molar-refractivity contribution in [2.24, 2.45) is 0 Å². The first-order valence-corrected chi connectivity index (χ1v) is 6.11. The molecule has 0 heterocycles. The van der Waals surface area contributed by atoms with Crippen LogP contribution in [0.15, 0.2) is 53.0 Å². The van der Waals surface area contributed by atoms with Crippen LogP contribution >= 0.6 is 15.9 Å². The Morgan fingerprint density at radius 2 is 1.83 bits per heavy atom. The molecule has 2 aromatic carbocycles. The molecule has 0 saturated heterocycles. The molecule has 0 unspecified atom stereocenters. The molecule has 0 amide bonds. The van der Waals surface area contributed by atoms with Crippen LogP contribution in [-0.4, -0.2) is 13.1 Å². The van der Waals surface area contributed by atoms with Gasteiger partial charge in [-0.05, 0) is 30.3 Å². The van der Waals surface area contributed by atoms with Gasteiger partial charge in [-0.1, -0.05) is 34.1 Å². The van der Waals surface area contributed by atoms with Gasteiger partial charge in [0.1, 0.15) is 17.1 Å². The molecule has 0 aliphatic heterocycles. The standard InChI is InChI=1S/C14H11BrO3/c1-17-14(16)12-8-7-10(15)9-13(12)18-11-5-3-2-4-6-11/h2-9H,1H3. The van der Waals surface area contributed by atoms with E-state index in [1.54, 1.807) is 18.2 Å². The van der Waals surface area contributed by atoms with Crippen molar-refractivity contribution in [3.63, 3.8) is 0 Å². The summed E-state index contributed by atoms with van der Waals surface area (Å²) in [5.74, 6) is 0.705. The van der Waals surface area contributed by atoms with Crippen molar-refractivity contribution in [3.05, 3.63) is 58.6 Å². The van der Waals surface area contributed by atoms with Gasteiger partial charge >= 0.3 is 5.97 Å². The van der Waals surface area contributed by atoms with Crippen LogP contribution in [-0.2, 0) is 4.74 Å². The van der Waals surface area contributed by atoms with Gasteiger partial charge in [-0.25, -0.2) is 4.79 Å². The van der Waals surface area contributed by atoms with Crippen LogP contribution in [0.3, 0.4) is 0 Å². The summed E-state index contributed by atoms with van der Waals surface area (Å²) < 4.78 is 11.2. The van der Waals surface area contributed by atoms with Gasteiger partial charge in [0, 0.05) is 4.47 Å². The Morgan fingerprint density at radius 1 is 1.11 bits per heavy atom. The fraction of sp³-hybridized carbons (Fsp3) is 0.0714. The Morgan fingerprint density at radius 3 is 2.50 bits per heavy atom. The van der Waals surface area contributed by atoms with Gasteiger partial charge in [-0.15, -0.1) is 0 Å². The van der Waals surface area contributed by atoms with Crippen LogP contribution in [0.1, 0.15) is 10.4 Å². The topological polar surface area (TPSA) is 35.5 Å². The number of esters is 1. The van der Waals surface area contributed by atoms with Gasteiger partial charge in [-0.2, -0.15) is 0 Å². The van der Waals surface area contributed by atoms with Gasteiger partial charge in [0.25, 0.3) is 0 Å². The monoisotopic (exact) mass is 306 g/mol. The van der Waals surface area contributed by atoms with Crippen LogP contribution < -0.4 is 4.74 Å². The number of carbonyl (C=O) groups excluding carboxylic acids is 1. The quantitative estimate of drug-likeness (QED) is 0.803. The summed E-state index contributed by atoms with van der Waals surface area (Å²) in [6.07, 6.45) is 0. The minimum absolute atomic E-state index is 0.393. The van der Waals surface area contributed by atoms with E-state index in [1.165, 1.54) is 7.11 Å². The number of methoxy groups -OCH3 is 1. The number of benzene rings is 2. The van der Waals surface area contributed by atoms with E-state index in [0.29, 0.717) is 17.1 Å². The van der Waals surface area contributed by atoms with Crippen LogP contribution in [0.25, 0.3) is 0 Å². The molecule has 0 spiro atoms. The van der Waals surface area contributed by atoms with E-state index in [-0.39, 0.29) is 0 Å². The van der Waals surface area contributed by atoms with Crippen molar-refractivity contribution in [1.82, 2.24) is 0 Å². The number of hydrogen-bond donors (Lipinski definition) is 0. The molecule has 3 nitrogen and oxygen atoms in total. The number of hydrogen-bond acceptors (Lipinski definition) is 3. The third kappa shape index (κ3) is 2.90. The fourth-order valence-electron chi connectivity index (χ4n) is 1.47. The van der Waals surface area contributed by atoms with Crippen molar-refractivity contribution in [2.75, 3.05) is 7.11 Å². The first-order chi connectivity index (χ1) is 8.70. The maximum absolute atomic E-state index is 11.6. The second kappa shape index (κ2) is 5.69. The SMILES string of the molecule is COC(=O)c1ccc(Br)cc1Oc1ccccc1. The molecule has 0 aliphatic rings. The summed E-state index contributed by atoms with van der Waals surface area (Å²) in [4.78, 5) is 11.6. The highest BCUT2D eigenvalue weighted by Crippen LogP contribution is 2.28. The normalized spacial score (nSPS) is 9.89. The first-order valence-electron chi connectivity index (χ1n) is 5.31. The molecule has 0 fully saturated rings. The zero-order valence-corrected chi connectivity index (χ0v) is 11.3. The van der Waals surface area contributed by atoms with E-state index in [2.05, 4.69) is 15.9 Å². The number of para-hydroxylation sites is 1. The summed E-state index contributed by atoms with van der Waals surface area (Å²) in [6, 6.07) is 14.4. The molecule has 2 rings (SSSR count). The minimum Gasteiger partial charge on any atom is -0.465 e.